The first kappa shape index (κ1) is 21.0. The van der Waals surface area contributed by atoms with Gasteiger partial charge in [0.2, 0.25) is 15.9 Å². The van der Waals surface area contributed by atoms with Gasteiger partial charge in [0.25, 0.3) is 0 Å². The number of esters is 1. The van der Waals surface area contributed by atoms with Crippen LogP contribution < -0.4 is 5.14 Å². The Morgan fingerprint density at radius 3 is 2.45 bits per heavy atom. The maximum absolute atomic E-state index is 14.0. The van der Waals surface area contributed by atoms with Gasteiger partial charge in [-0.05, 0) is 37.3 Å². The Labute approximate surface area is 171 Å². The van der Waals surface area contributed by atoms with Gasteiger partial charge >= 0.3 is 5.97 Å². The molecule has 0 saturated heterocycles. The zero-order valence-electron chi connectivity index (χ0n) is 15.2. The summed E-state index contributed by atoms with van der Waals surface area (Å²) in [5.74, 6) is -0.913. The normalized spacial score (nSPS) is 11.4. The molecular weight excluding hydrogens is 423 g/mol. The third kappa shape index (κ3) is 4.81. The molecule has 0 amide bonds. The first-order valence-corrected chi connectivity index (χ1v) is 10.4. The molecule has 0 atom stereocenters. The summed E-state index contributed by atoms with van der Waals surface area (Å²) in [6.45, 7) is 1.88. The van der Waals surface area contributed by atoms with Crippen molar-refractivity contribution < 1.29 is 26.8 Å². The molecule has 0 aliphatic carbocycles. The number of rotatable bonds is 6. The van der Waals surface area contributed by atoms with E-state index in [1.54, 1.807) is 13.0 Å². The van der Waals surface area contributed by atoms with E-state index < -0.39 is 21.8 Å². The van der Waals surface area contributed by atoms with E-state index in [4.69, 9.17) is 25.9 Å². The van der Waals surface area contributed by atoms with E-state index >= 15 is 0 Å². The summed E-state index contributed by atoms with van der Waals surface area (Å²) in [7, 11) is -3.86. The van der Waals surface area contributed by atoms with Crippen molar-refractivity contribution in [1.82, 2.24) is 4.98 Å². The van der Waals surface area contributed by atoms with E-state index in [0.717, 1.165) is 0 Å². The number of nitrogens with two attached hydrogens (primary N) is 1. The number of benzene rings is 2. The van der Waals surface area contributed by atoms with Gasteiger partial charge < -0.3 is 9.15 Å². The molecule has 2 N–H and O–H groups in total. The Kier molecular flexibility index (Phi) is 6.02. The van der Waals surface area contributed by atoms with Crippen LogP contribution in [0.1, 0.15) is 12.8 Å². The fraction of sp³-hybridized carbons (Fsp3) is 0.158. The molecule has 0 unspecified atom stereocenters. The second kappa shape index (κ2) is 8.32. The summed E-state index contributed by atoms with van der Waals surface area (Å²) in [6.07, 6.45) is -0.216. The molecule has 29 heavy (non-hydrogen) atoms. The lowest BCUT2D eigenvalue weighted by atomic mass is 10.1. The van der Waals surface area contributed by atoms with Crippen molar-refractivity contribution >= 4 is 27.6 Å². The van der Waals surface area contributed by atoms with Gasteiger partial charge in [-0.1, -0.05) is 23.7 Å². The van der Waals surface area contributed by atoms with Crippen LogP contribution in [0.2, 0.25) is 5.02 Å². The minimum absolute atomic E-state index is 0.0564. The summed E-state index contributed by atoms with van der Waals surface area (Å²) >= 11 is 5.74. The molecule has 152 valence electrons. The molecule has 0 spiro atoms. The quantitative estimate of drug-likeness (QED) is 0.589. The topological polar surface area (TPSA) is 112 Å². The number of carbonyl (C=O) groups excluding carboxylic acids is 1. The predicted octanol–water partition coefficient (Wildman–Crippen LogP) is 3.55. The second-order valence-corrected chi connectivity index (χ2v) is 7.93. The minimum Gasteiger partial charge on any atom is -0.466 e. The zero-order chi connectivity index (χ0) is 21.2. The number of sulfonamides is 1. The van der Waals surface area contributed by atoms with Crippen molar-refractivity contribution in [3.63, 3.8) is 0 Å². The van der Waals surface area contributed by atoms with Crippen molar-refractivity contribution in [3.05, 3.63) is 59.2 Å². The van der Waals surface area contributed by atoms with Crippen molar-refractivity contribution in [2.24, 2.45) is 5.14 Å². The summed E-state index contributed by atoms with van der Waals surface area (Å²) in [5.41, 5.74) is 1.13. The van der Waals surface area contributed by atoms with Gasteiger partial charge in [-0.15, -0.1) is 0 Å². The second-order valence-electron chi connectivity index (χ2n) is 5.97. The molecule has 0 fully saturated rings. The molecule has 0 aliphatic heterocycles. The molecule has 2 aromatic carbocycles. The van der Waals surface area contributed by atoms with Gasteiger partial charge in [-0.2, -0.15) is 0 Å². The molecule has 7 nitrogen and oxygen atoms in total. The third-order valence-electron chi connectivity index (χ3n) is 3.91. The van der Waals surface area contributed by atoms with Crippen LogP contribution in [0.15, 0.2) is 51.8 Å². The van der Waals surface area contributed by atoms with Gasteiger partial charge in [0.15, 0.2) is 5.76 Å². The van der Waals surface area contributed by atoms with E-state index in [-0.39, 0.29) is 34.6 Å². The summed E-state index contributed by atoms with van der Waals surface area (Å²) in [6, 6.07) is 9.70. The lowest BCUT2D eigenvalue weighted by molar-refractivity contribution is -0.142. The number of primary sulfonamides is 1. The first-order chi connectivity index (χ1) is 13.7. The molecule has 0 saturated carbocycles. The predicted molar refractivity (Wildman–Crippen MR) is 104 cm³/mol. The van der Waals surface area contributed by atoms with Crippen LogP contribution in [0, 0.1) is 5.82 Å². The monoisotopic (exact) mass is 438 g/mol. The average Bonchev–Trinajstić information content (AvgIpc) is 3.07. The van der Waals surface area contributed by atoms with Gasteiger partial charge in [0, 0.05) is 11.1 Å². The maximum atomic E-state index is 14.0. The Morgan fingerprint density at radius 2 is 1.86 bits per heavy atom. The highest BCUT2D eigenvalue weighted by atomic mass is 35.5. The molecule has 1 heterocycles. The van der Waals surface area contributed by atoms with E-state index in [9.17, 15) is 17.6 Å². The smallest absolute Gasteiger partial charge is 0.315 e. The molecule has 0 bridgehead atoms. The number of ether oxygens (including phenoxy) is 1. The number of carbonyl (C=O) groups is 1. The zero-order valence-corrected chi connectivity index (χ0v) is 16.8. The fourth-order valence-electron chi connectivity index (χ4n) is 2.61. The first-order valence-electron chi connectivity index (χ1n) is 8.43. The average molecular weight is 439 g/mol. The van der Waals surface area contributed by atoms with Crippen LogP contribution in [0.4, 0.5) is 4.39 Å². The van der Waals surface area contributed by atoms with E-state index in [2.05, 4.69) is 4.98 Å². The number of oxazole rings is 1. The van der Waals surface area contributed by atoms with Crippen LogP contribution in [0.3, 0.4) is 0 Å². The molecule has 1 aromatic heterocycles. The number of hydrogen-bond acceptors (Lipinski definition) is 6. The van der Waals surface area contributed by atoms with Crippen molar-refractivity contribution in [2.45, 2.75) is 18.2 Å². The lowest BCUT2D eigenvalue weighted by Gasteiger charge is -2.04. The Hall–Kier alpha value is -2.75. The maximum Gasteiger partial charge on any atom is 0.315 e. The molecular formula is C19H16ClFN2O5S. The van der Waals surface area contributed by atoms with Crippen molar-refractivity contribution in [1.29, 1.82) is 0 Å². The summed E-state index contributed by atoms with van der Waals surface area (Å²) in [5, 5.41) is 5.06. The van der Waals surface area contributed by atoms with E-state index in [0.29, 0.717) is 16.8 Å². The number of aromatic nitrogens is 1. The third-order valence-corrected chi connectivity index (χ3v) is 5.15. The Balaban J connectivity index is 2.09. The number of hydrogen-bond donors (Lipinski definition) is 1. The van der Waals surface area contributed by atoms with Crippen LogP contribution >= 0.6 is 11.6 Å². The van der Waals surface area contributed by atoms with Gasteiger partial charge in [0.05, 0.1) is 16.5 Å². The van der Waals surface area contributed by atoms with E-state index in [1.807, 2.05) is 0 Å². The largest absolute Gasteiger partial charge is 0.466 e. The fourth-order valence-corrected chi connectivity index (χ4v) is 3.24. The van der Waals surface area contributed by atoms with Gasteiger partial charge in [-0.3, -0.25) is 4.79 Å². The Morgan fingerprint density at radius 1 is 1.21 bits per heavy atom. The van der Waals surface area contributed by atoms with Gasteiger partial charge in [0.1, 0.15) is 17.9 Å². The molecule has 10 heteroatoms. The molecule has 3 rings (SSSR count). The highest BCUT2D eigenvalue weighted by molar-refractivity contribution is 7.89. The molecule has 0 aliphatic rings. The van der Waals surface area contributed by atoms with Crippen LogP contribution in [-0.4, -0.2) is 26.0 Å². The van der Waals surface area contributed by atoms with Crippen LogP contribution in [0.25, 0.3) is 22.6 Å². The van der Waals surface area contributed by atoms with Crippen molar-refractivity contribution in [2.75, 3.05) is 6.61 Å². The van der Waals surface area contributed by atoms with Crippen LogP contribution in [0.5, 0.6) is 0 Å². The summed E-state index contributed by atoms with van der Waals surface area (Å²) < 4.78 is 47.5. The lowest BCUT2D eigenvalue weighted by Crippen LogP contribution is -2.11. The molecule has 0 radical (unpaired) electrons. The van der Waals surface area contributed by atoms with Crippen LogP contribution in [-0.2, 0) is 26.0 Å². The minimum atomic E-state index is -3.86. The standard InChI is InChI=1S/C19H16ClFN2O5S/c1-2-27-17(24)10-16-23-18(11-3-6-13(7-4-11)29(22,25)26)19(28-16)12-5-8-14(20)15(21)9-12/h3-9H,2,10H2,1H3,(H2,22,25,26). The molecule has 3 aromatic rings. The highest BCUT2D eigenvalue weighted by Crippen LogP contribution is 2.34. The summed E-state index contributed by atoms with van der Waals surface area (Å²) in [4.78, 5) is 16.0. The van der Waals surface area contributed by atoms with Gasteiger partial charge in [-0.25, -0.2) is 22.9 Å². The Bertz CT molecular complexity index is 1160. The van der Waals surface area contributed by atoms with E-state index in [1.165, 1.54) is 36.4 Å². The SMILES string of the molecule is CCOC(=O)Cc1nc(-c2ccc(S(N)(=O)=O)cc2)c(-c2ccc(Cl)c(F)c2)o1. The number of nitrogens with zero attached hydrogens (tertiary/aromatic N) is 1. The highest BCUT2D eigenvalue weighted by Gasteiger charge is 2.20. The van der Waals surface area contributed by atoms with Crippen molar-refractivity contribution in [3.8, 4) is 22.6 Å². The number of halogens is 2.